The Hall–Kier alpha value is -0.250. The van der Waals surface area contributed by atoms with E-state index in [0.717, 1.165) is 10.2 Å². The molecular weight excluding hydrogens is 240 g/mol. The average Bonchev–Trinajstić information content (AvgIpc) is 2.05. The van der Waals surface area contributed by atoms with Crippen LogP contribution < -0.4 is 4.74 Å². The normalized spacial score (nSPS) is 9.40. The van der Waals surface area contributed by atoms with Gasteiger partial charge in [0.05, 0.1) is 7.11 Å². The highest BCUT2D eigenvalue weighted by molar-refractivity contribution is 14.1. The summed E-state index contributed by atoms with van der Waals surface area (Å²) < 4.78 is 6.09. The van der Waals surface area contributed by atoms with E-state index in [4.69, 9.17) is 4.74 Å². The lowest BCUT2D eigenvalue weighted by atomic mass is 10.3. The highest BCUT2D eigenvalue weighted by Crippen LogP contribution is 2.14. The van der Waals surface area contributed by atoms with Crippen molar-refractivity contribution in [3.8, 4) is 5.75 Å². The zero-order chi connectivity index (χ0) is 7.40. The van der Waals surface area contributed by atoms with E-state index in [1.807, 2.05) is 18.2 Å². The number of benzene rings is 1. The van der Waals surface area contributed by atoms with E-state index in [9.17, 15) is 0 Å². The average molecular weight is 249 g/mol. The van der Waals surface area contributed by atoms with Gasteiger partial charge in [-0.15, -0.1) is 0 Å². The Morgan fingerprint density at radius 1 is 1.50 bits per heavy atom. The summed E-state index contributed by atoms with van der Waals surface area (Å²) in [5.74, 6) is 0.939. The maximum atomic E-state index is 5.05. The van der Waals surface area contributed by atoms with Crippen molar-refractivity contribution < 1.29 is 4.74 Å². The fourth-order valence-corrected chi connectivity index (χ4v) is 1.23. The molecule has 0 radical (unpaired) electrons. The quantitative estimate of drug-likeness (QED) is 0.444. The second-order valence-corrected chi connectivity index (χ2v) is 2.75. The summed E-state index contributed by atoms with van der Waals surface area (Å²) in [6, 6.07) is 8.10. The van der Waals surface area contributed by atoms with Gasteiger partial charge in [-0.05, 0) is 17.7 Å². The van der Waals surface area contributed by atoms with Gasteiger partial charge in [-0.3, -0.25) is 0 Å². The predicted octanol–water partition coefficient (Wildman–Crippen LogP) is 2.63. The molecule has 2 heteroatoms. The second-order valence-electron chi connectivity index (χ2n) is 1.99. The number of rotatable bonds is 2. The Morgan fingerprint density at radius 3 is 2.90 bits per heavy atom. The Balaban J connectivity index is 2.87. The Kier molecular flexibility index (Phi) is 2.99. The molecule has 0 aliphatic rings. The van der Waals surface area contributed by atoms with Gasteiger partial charge in [0, 0.05) is 4.43 Å². The minimum absolute atomic E-state index is 0.939. The highest BCUT2D eigenvalue weighted by Gasteiger charge is 1.91. The number of methoxy groups -OCH3 is 1. The first-order valence-electron chi connectivity index (χ1n) is 3.05. The third kappa shape index (κ3) is 1.87. The summed E-state index contributed by atoms with van der Waals surface area (Å²) in [5.41, 5.74) is 1.31. The predicted molar refractivity (Wildman–Crippen MR) is 50.7 cm³/mol. The van der Waals surface area contributed by atoms with Gasteiger partial charge >= 0.3 is 0 Å². The molecule has 0 aromatic heterocycles. The number of hydrogen-bond acceptors (Lipinski definition) is 1. The summed E-state index contributed by atoms with van der Waals surface area (Å²) >= 11 is 2.33. The smallest absolute Gasteiger partial charge is 0.119 e. The van der Waals surface area contributed by atoms with Gasteiger partial charge in [0.15, 0.2) is 0 Å². The van der Waals surface area contributed by atoms with Crippen LogP contribution in [0.25, 0.3) is 0 Å². The van der Waals surface area contributed by atoms with Gasteiger partial charge in [-0.2, -0.15) is 0 Å². The van der Waals surface area contributed by atoms with Crippen LogP contribution >= 0.6 is 22.6 Å². The molecule has 0 fully saturated rings. The molecule has 0 aliphatic carbocycles. The minimum Gasteiger partial charge on any atom is -0.497 e. The van der Waals surface area contributed by atoms with E-state index in [2.05, 4.69) is 28.7 Å². The summed E-state index contributed by atoms with van der Waals surface area (Å²) in [7, 11) is 1.69. The molecule has 0 atom stereocenters. The first kappa shape index (κ1) is 7.85. The van der Waals surface area contributed by atoms with E-state index >= 15 is 0 Å². The molecule has 1 aromatic rings. The van der Waals surface area contributed by atoms with Crippen LogP contribution in [0, 0.1) is 0 Å². The molecule has 1 rings (SSSR count). The molecule has 0 aliphatic heterocycles. The number of ether oxygens (including phenoxy) is 1. The van der Waals surface area contributed by atoms with Crippen LogP contribution in [0.2, 0.25) is 0 Å². The molecule has 0 heterocycles. The van der Waals surface area contributed by atoms with Crippen molar-refractivity contribution in [1.29, 1.82) is 0 Å². The number of hydrogen-bond donors (Lipinski definition) is 0. The van der Waals surface area contributed by atoms with E-state index in [1.165, 1.54) is 5.56 Å². The Morgan fingerprint density at radius 2 is 2.30 bits per heavy atom. The zero-order valence-electron chi connectivity index (χ0n) is 5.80. The molecule has 10 heavy (non-hydrogen) atoms. The number of halogens is 1. The van der Waals surface area contributed by atoms with Crippen LogP contribution in [0.3, 0.4) is 0 Å². The summed E-state index contributed by atoms with van der Waals surface area (Å²) in [5, 5.41) is 0. The van der Waals surface area contributed by atoms with Crippen LogP contribution in [0.4, 0.5) is 0 Å². The van der Waals surface area contributed by atoms with E-state index in [-0.39, 0.29) is 0 Å². The van der Waals surface area contributed by atoms with E-state index < -0.39 is 0 Å². The molecule has 54 valence electrons. The summed E-state index contributed by atoms with van der Waals surface area (Å²) in [6.45, 7) is 0. The first-order chi connectivity index (χ1) is 4.86. The van der Waals surface area contributed by atoms with Gasteiger partial charge < -0.3 is 4.74 Å². The summed E-state index contributed by atoms with van der Waals surface area (Å²) in [6.07, 6.45) is 0. The minimum atomic E-state index is 0.939. The molecule has 0 amide bonds. The van der Waals surface area contributed by atoms with E-state index in [0.29, 0.717) is 0 Å². The molecule has 0 N–H and O–H groups in total. The van der Waals surface area contributed by atoms with Gasteiger partial charge in [-0.1, -0.05) is 34.7 Å². The fourth-order valence-electron chi connectivity index (χ4n) is 0.756. The van der Waals surface area contributed by atoms with Gasteiger partial charge in [0.2, 0.25) is 0 Å². The Bertz CT molecular complexity index is 191. The molecule has 0 saturated carbocycles. The fraction of sp³-hybridized carbons (Fsp3) is 0.250. The standard InChI is InChI=1S/C8H9IO/c1-10-8-4-2-3-7(5-8)6-9/h2-5H,6H2,1H3/i6+1. The molecule has 1 nitrogen and oxygen atoms in total. The van der Waals surface area contributed by atoms with Crippen LogP contribution in [-0.2, 0) is 4.43 Å². The SMILES string of the molecule is COc1cccc([13CH2]I)c1. The van der Waals surface area contributed by atoms with Crippen molar-refractivity contribution in [1.82, 2.24) is 0 Å². The van der Waals surface area contributed by atoms with Crippen molar-refractivity contribution in [2.75, 3.05) is 7.11 Å². The van der Waals surface area contributed by atoms with Crippen molar-refractivity contribution in [2.45, 2.75) is 4.43 Å². The Labute approximate surface area is 74.5 Å². The lowest BCUT2D eigenvalue weighted by Crippen LogP contribution is -1.83. The van der Waals surface area contributed by atoms with Crippen LogP contribution in [-0.4, -0.2) is 7.11 Å². The van der Waals surface area contributed by atoms with Gasteiger partial charge in [-0.25, -0.2) is 0 Å². The lowest BCUT2D eigenvalue weighted by Gasteiger charge is -1.99. The van der Waals surface area contributed by atoms with E-state index in [1.54, 1.807) is 7.11 Å². The van der Waals surface area contributed by atoms with Crippen LogP contribution in [0.5, 0.6) is 5.75 Å². The summed E-state index contributed by atoms with van der Waals surface area (Å²) in [4.78, 5) is 0. The molecule has 0 unspecified atom stereocenters. The third-order valence-corrected chi connectivity index (χ3v) is 2.17. The molecule has 1 aromatic carbocycles. The highest BCUT2D eigenvalue weighted by atomic mass is 127. The van der Waals surface area contributed by atoms with Crippen LogP contribution in [0.15, 0.2) is 24.3 Å². The maximum absolute atomic E-state index is 5.05. The largest absolute Gasteiger partial charge is 0.497 e. The van der Waals surface area contributed by atoms with Crippen molar-refractivity contribution in [3.63, 3.8) is 0 Å². The van der Waals surface area contributed by atoms with Crippen LogP contribution in [0.1, 0.15) is 5.56 Å². The zero-order valence-corrected chi connectivity index (χ0v) is 7.96. The van der Waals surface area contributed by atoms with Crippen molar-refractivity contribution in [3.05, 3.63) is 29.8 Å². The van der Waals surface area contributed by atoms with Crippen molar-refractivity contribution in [2.24, 2.45) is 0 Å². The maximum Gasteiger partial charge on any atom is 0.119 e. The molecule has 0 spiro atoms. The molecule has 0 bridgehead atoms. The lowest BCUT2D eigenvalue weighted by molar-refractivity contribution is 0.414. The first-order valence-corrected chi connectivity index (χ1v) is 4.58. The van der Waals surface area contributed by atoms with Crippen molar-refractivity contribution >= 4 is 22.6 Å². The van der Waals surface area contributed by atoms with Gasteiger partial charge in [0.25, 0.3) is 0 Å². The topological polar surface area (TPSA) is 9.23 Å². The van der Waals surface area contributed by atoms with Gasteiger partial charge in [0.1, 0.15) is 5.75 Å². The monoisotopic (exact) mass is 249 g/mol. The molecular formula is C8H9IO. The third-order valence-electron chi connectivity index (χ3n) is 1.29. The molecule has 0 saturated heterocycles. The number of alkyl halides is 1. The second kappa shape index (κ2) is 3.81.